The molecule has 1 rings (SSSR count). The number of carbonyl (C=O) groups excluding carboxylic acids is 3. The predicted molar refractivity (Wildman–Crippen MR) is 97.5 cm³/mol. The first-order chi connectivity index (χ1) is 12.2. The van der Waals surface area contributed by atoms with E-state index in [9.17, 15) is 19.2 Å². The van der Waals surface area contributed by atoms with Gasteiger partial charge in [0.05, 0.1) is 19.6 Å². The van der Waals surface area contributed by atoms with Crippen LogP contribution in [-0.4, -0.2) is 53.6 Å². The van der Waals surface area contributed by atoms with Gasteiger partial charge in [-0.3, -0.25) is 14.4 Å². The van der Waals surface area contributed by atoms with Gasteiger partial charge in [-0.05, 0) is 30.6 Å². The van der Waals surface area contributed by atoms with E-state index in [2.05, 4.69) is 10.6 Å². The minimum atomic E-state index is -2.03. The Bertz CT molecular complexity index is 615. The van der Waals surface area contributed by atoms with Gasteiger partial charge in [0.25, 0.3) is 5.91 Å². The normalized spacial score (nSPS) is 21.6. The fraction of sp³-hybridized carbons (Fsp3) is 0.778. The smallest absolute Gasteiger partial charge is 0.341 e. The molecular weight excluding hydrogens is 354 g/mol. The van der Waals surface area contributed by atoms with Gasteiger partial charge >= 0.3 is 11.9 Å². The largest absolute Gasteiger partial charge is 0.481 e. The maximum Gasteiger partial charge on any atom is 0.341 e. The molecule has 0 radical (unpaired) electrons. The van der Waals surface area contributed by atoms with Gasteiger partial charge < -0.3 is 26.2 Å². The molecule has 1 saturated carbocycles. The molecule has 0 aromatic carbocycles. The second-order valence-electron chi connectivity index (χ2n) is 8.69. The summed E-state index contributed by atoms with van der Waals surface area (Å²) in [6.45, 7) is 9.34. The zero-order valence-electron chi connectivity index (χ0n) is 16.8. The van der Waals surface area contributed by atoms with Crippen LogP contribution in [0, 0.1) is 10.8 Å². The van der Waals surface area contributed by atoms with Crippen LogP contribution in [0.4, 0.5) is 0 Å². The zero-order chi connectivity index (χ0) is 21.2. The van der Waals surface area contributed by atoms with Crippen molar-refractivity contribution < 1.29 is 29.0 Å². The predicted octanol–water partition coefficient (Wildman–Crippen LogP) is 0.167. The van der Waals surface area contributed by atoms with Gasteiger partial charge in [-0.1, -0.05) is 27.7 Å². The van der Waals surface area contributed by atoms with E-state index in [0.717, 1.165) is 20.0 Å². The summed E-state index contributed by atoms with van der Waals surface area (Å²) < 4.78 is 4.70. The van der Waals surface area contributed by atoms with E-state index < -0.39 is 41.8 Å². The highest BCUT2D eigenvalue weighted by molar-refractivity contribution is 6.10. The lowest BCUT2D eigenvalue weighted by atomic mass is 9.78. The molecule has 1 fully saturated rings. The standard InChI is InChI=1S/C18H31N3O6/c1-16(2)7-8-17(3,4)13(16)20-14(25)18(5,15(26)27-6)21-12(24)10(19)9-11(22)23/h10,13H,7-9,19H2,1-6H3,(H,20,25)(H,21,24)(H,22,23)/t10-,18-/m0/s1. The molecule has 0 unspecified atom stereocenters. The summed E-state index contributed by atoms with van der Waals surface area (Å²) in [4.78, 5) is 48.3. The highest BCUT2D eigenvalue weighted by Crippen LogP contribution is 2.48. The molecular formula is C18H31N3O6. The number of carboxylic acids is 1. The maximum absolute atomic E-state index is 13.0. The summed E-state index contributed by atoms with van der Waals surface area (Å²) in [6.07, 6.45) is 1.17. The summed E-state index contributed by atoms with van der Waals surface area (Å²) in [7, 11) is 1.10. The van der Waals surface area contributed by atoms with E-state index in [1.54, 1.807) is 0 Å². The van der Waals surface area contributed by atoms with Crippen molar-refractivity contribution >= 4 is 23.8 Å². The first kappa shape index (κ1) is 22.9. The maximum atomic E-state index is 13.0. The number of amides is 2. The number of hydrogen-bond donors (Lipinski definition) is 4. The molecule has 0 spiro atoms. The minimum absolute atomic E-state index is 0.195. The number of carboxylic acid groups (broad SMARTS) is 1. The number of hydrogen-bond acceptors (Lipinski definition) is 6. The molecule has 5 N–H and O–H groups in total. The summed E-state index contributed by atoms with van der Waals surface area (Å²) in [5, 5.41) is 13.9. The SMILES string of the molecule is COC(=O)[C@@](C)(NC(=O)[C@@H](N)CC(=O)O)C(=O)NC1C(C)(C)CCC1(C)C. The Morgan fingerprint density at radius 1 is 1.19 bits per heavy atom. The lowest BCUT2D eigenvalue weighted by molar-refractivity contribution is -0.156. The Labute approximate surface area is 159 Å². The van der Waals surface area contributed by atoms with Crippen LogP contribution in [0.5, 0.6) is 0 Å². The quantitative estimate of drug-likeness (QED) is 0.360. The monoisotopic (exact) mass is 385 g/mol. The molecule has 1 aliphatic carbocycles. The molecule has 154 valence electrons. The first-order valence-corrected chi connectivity index (χ1v) is 8.86. The van der Waals surface area contributed by atoms with Crippen LogP contribution in [0.2, 0.25) is 0 Å². The summed E-state index contributed by atoms with van der Waals surface area (Å²) in [6, 6.07) is -1.63. The molecule has 0 aromatic rings. The van der Waals surface area contributed by atoms with Crippen LogP contribution in [0.1, 0.15) is 53.9 Å². The Balaban J connectivity index is 3.08. The number of nitrogens with one attached hydrogen (secondary N) is 2. The molecule has 1 aliphatic rings. The molecule has 2 atom stereocenters. The first-order valence-electron chi connectivity index (χ1n) is 8.86. The number of aliphatic carboxylic acids is 1. The van der Waals surface area contributed by atoms with E-state index in [4.69, 9.17) is 15.6 Å². The van der Waals surface area contributed by atoms with Crippen molar-refractivity contribution in [3.8, 4) is 0 Å². The van der Waals surface area contributed by atoms with Crippen LogP contribution in [-0.2, 0) is 23.9 Å². The average Bonchev–Trinajstić information content (AvgIpc) is 2.75. The number of methoxy groups -OCH3 is 1. The van der Waals surface area contributed by atoms with Gasteiger partial charge in [-0.2, -0.15) is 0 Å². The zero-order valence-corrected chi connectivity index (χ0v) is 16.8. The van der Waals surface area contributed by atoms with E-state index in [1.807, 2.05) is 27.7 Å². The van der Waals surface area contributed by atoms with Crippen molar-refractivity contribution in [1.82, 2.24) is 10.6 Å². The molecule has 0 aromatic heterocycles. The van der Waals surface area contributed by atoms with Gasteiger partial charge in [0.2, 0.25) is 11.4 Å². The molecule has 2 amide bonds. The third-order valence-electron chi connectivity index (χ3n) is 5.40. The molecule has 0 heterocycles. The summed E-state index contributed by atoms with van der Waals surface area (Å²) in [5.74, 6) is -3.88. The highest BCUT2D eigenvalue weighted by Gasteiger charge is 2.52. The average molecular weight is 385 g/mol. The highest BCUT2D eigenvalue weighted by atomic mass is 16.5. The topological polar surface area (TPSA) is 148 Å². The minimum Gasteiger partial charge on any atom is -0.481 e. The molecule has 0 saturated heterocycles. The van der Waals surface area contributed by atoms with E-state index in [0.29, 0.717) is 0 Å². The van der Waals surface area contributed by atoms with Crippen molar-refractivity contribution in [2.45, 2.75) is 71.5 Å². The van der Waals surface area contributed by atoms with Crippen molar-refractivity contribution in [3.05, 3.63) is 0 Å². The number of ether oxygens (including phenoxy) is 1. The van der Waals surface area contributed by atoms with E-state index in [1.165, 1.54) is 6.92 Å². The molecule has 0 bridgehead atoms. The van der Waals surface area contributed by atoms with Crippen LogP contribution in [0.3, 0.4) is 0 Å². The molecule has 27 heavy (non-hydrogen) atoms. The van der Waals surface area contributed by atoms with Crippen molar-refractivity contribution in [3.63, 3.8) is 0 Å². The Morgan fingerprint density at radius 3 is 2.07 bits per heavy atom. The van der Waals surface area contributed by atoms with Crippen molar-refractivity contribution in [2.24, 2.45) is 16.6 Å². The van der Waals surface area contributed by atoms with Gasteiger partial charge in [-0.25, -0.2) is 4.79 Å². The van der Waals surface area contributed by atoms with Crippen LogP contribution >= 0.6 is 0 Å². The van der Waals surface area contributed by atoms with E-state index in [-0.39, 0.29) is 16.9 Å². The summed E-state index contributed by atoms with van der Waals surface area (Å²) in [5.41, 5.74) is 3.12. The fourth-order valence-corrected chi connectivity index (χ4v) is 3.68. The van der Waals surface area contributed by atoms with E-state index >= 15 is 0 Å². The molecule has 0 aliphatic heterocycles. The second kappa shape index (κ2) is 7.84. The van der Waals surface area contributed by atoms with Crippen molar-refractivity contribution in [2.75, 3.05) is 7.11 Å². The Morgan fingerprint density at radius 2 is 1.67 bits per heavy atom. The number of rotatable bonds is 7. The molecule has 9 nitrogen and oxygen atoms in total. The summed E-state index contributed by atoms with van der Waals surface area (Å²) >= 11 is 0. The fourth-order valence-electron chi connectivity index (χ4n) is 3.68. The van der Waals surface area contributed by atoms with Crippen molar-refractivity contribution in [1.29, 1.82) is 0 Å². The number of nitrogens with two attached hydrogens (primary N) is 1. The van der Waals surface area contributed by atoms with Gasteiger partial charge in [0, 0.05) is 6.04 Å². The van der Waals surface area contributed by atoms with Gasteiger partial charge in [0.1, 0.15) is 0 Å². The number of carbonyl (C=O) groups is 4. The third-order valence-corrected chi connectivity index (χ3v) is 5.40. The Hall–Kier alpha value is -2.16. The lowest BCUT2D eigenvalue weighted by Gasteiger charge is -2.38. The third kappa shape index (κ3) is 4.97. The molecule has 9 heteroatoms. The Kier molecular flexibility index (Phi) is 6.64. The van der Waals surface area contributed by atoms with Crippen LogP contribution < -0.4 is 16.4 Å². The van der Waals surface area contributed by atoms with Crippen LogP contribution in [0.25, 0.3) is 0 Å². The second-order valence-corrected chi connectivity index (χ2v) is 8.69. The van der Waals surface area contributed by atoms with Crippen LogP contribution in [0.15, 0.2) is 0 Å². The number of esters is 1. The van der Waals surface area contributed by atoms with Gasteiger partial charge in [0.15, 0.2) is 0 Å². The van der Waals surface area contributed by atoms with Gasteiger partial charge in [-0.15, -0.1) is 0 Å². The lowest BCUT2D eigenvalue weighted by Crippen LogP contribution is -2.66.